The summed E-state index contributed by atoms with van der Waals surface area (Å²) in [5.41, 5.74) is 3.35. The highest BCUT2D eigenvalue weighted by Crippen LogP contribution is 2.19. The van der Waals surface area contributed by atoms with Gasteiger partial charge in [-0.25, -0.2) is 4.79 Å². The summed E-state index contributed by atoms with van der Waals surface area (Å²) in [6.45, 7) is 8.53. The van der Waals surface area contributed by atoms with Crippen molar-refractivity contribution in [3.8, 4) is 5.75 Å². The molecule has 0 unspecified atom stereocenters. The number of amides is 1. The Morgan fingerprint density at radius 1 is 1.31 bits per heavy atom. The number of carbonyl (C=O) groups excluding carboxylic acids is 1. The predicted molar refractivity (Wildman–Crippen MR) is 98.4 cm³/mol. The summed E-state index contributed by atoms with van der Waals surface area (Å²) < 4.78 is 7.07. The van der Waals surface area contributed by atoms with E-state index in [0.29, 0.717) is 17.4 Å². The highest BCUT2D eigenvalue weighted by Gasteiger charge is 2.16. The molecule has 0 fully saturated rings. The van der Waals surface area contributed by atoms with Crippen LogP contribution in [0.3, 0.4) is 0 Å². The number of nitrogens with zero attached hydrogens (tertiary/aromatic N) is 2. The van der Waals surface area contributed by atoms with Crippen LogP contribution in [0.1, 0.15) is 30.8 Å². The number of nitrogens with one attached hydrogen (secondary N) is 1. The van der Waals surface area contributed by atoms with Crippen molar-refractivity contribution in [2.75, 3.05) is 11.9 Å². The standard InChI is InChI=1S/C19H25N3O4/c1-12(2)10-22-14(4)17(13(3)21-22)9-18(23)20-15-6-5-7-16(8-15)26-11-19(24)25/h5-8,12H,9-11H2,1-4H3,(H,20,23)(H,24,25). The molecule has 0 atom stereocenters. The Labute approximate surface area is 153 Å². The minimum absolute atomic E-state index is 0.157. The van der Waals surface area contributed by atoms with E-state index in [1.165, 1.54) is 0 Å². The first-order valence-corrected chi connectivity index (χ1v) is 8.53. The van der Waals surface area contributed by atoms with Crippen molar-refractivity contribution >= 4 is 17.6 Å². The SMILES string of the molecule is Cc1nn(CC(C)C)c(C)c1CC(=O)Nc1cccc(OCC(=O)O)c1. The minimum Gasteiger partial charge on any atom is -0.482 e. The number of hydrogen-bond acceptors (Lipinski definition) is 4. The van der Waals surface area contributed by atoms with Crippen LogP contribution in [0.15, 0.2) is 24.3 Å². The molecule has 7 nitrogen and oxygen atoms in total. The van der Waals surface area contributed by atoms with Gasteiger partial charge in [0.2, 0.25) is 5.91 Å². The Balaban J connectivity index is 2.04. The predicted octanol–water partition coefficient (Wildman–Crippen LogP) is 2.80. The van der Waals surface area contributed by atoms with Crippen LogP contribution in [0.2, 0.25) is 0 Å². The first-order chi connectivity index (χ1) is 12.3. The average Bonchev–Trinajstić information content (AvgIpc) is 2.80. The minimum atomic E-state index is -1.05. The summed E-state index contributed by atoms with van der Waals surface area (Å²) in [7, 11) is 0. The van der Waals surface area contributed by atoms with Crippen LogP contribution in [0.5, 0.6) is 5.75 Å². The fourth-order valence-electron chi connectivity index (χ4n) is 2.69. The third-order valence-electron chi connectivity index (χ3n) is 3.89. The lowest BCUT2D eigenvalue weighted by Crippen LogP contribution is -2.16. The van der Waals surface area contributed by atoms with Crippen molar-refractivity contribution in [1.82, 2.24) is 9.78 Å². The number of ether oxygens (including phenoxy) is 1. The fraction of sp³-hybridized carbons (Fsp3) is 0.421. The molecule has 26 heavy (non-hydrogen) atoms. The van der Waals surface area contributed by atoms with E-state index in [4.69, 9.17) is 9.84 Å². The number of benzene rings is 1. The lowest BCUT2D eigenvalue weighted by atomic mass is 10.1. The summed E-state index contributed by atoms with van der Waals surface area (Å²) in [4.78, 5) is 23.0. The molecule has 0 saturated carbocycles. The molecule has 2 aromatic rings. The number of aromatic nitrogens is 2. The monoisotopic (exact) mass is 359 g/mol. The zero-order valence-corrected chi connectivity index (χ0v) is 15.6. The lowest BCUT2D eigenvalue weighted by Gasteiger charge is -2.09. The number of carbonyl (C=O) groups is 2. The molecule has 1 amide bonds. The van der Waals surface area contributed by atoms with Gasteiger partial charge >= 0.3 is 5.97 Å². The second-order valence-electron chi connectivity index (χ2n) is 6.66. The van der Waals surface area contributed by atoms with Crippen LogP contribution in [0, 0.1) is 19.8 Å². The zero-order chi connectivity index (χ0) is 19.3. The summed E-state index contributed by atoms with van der Waals surface area (Å²) in [6.07, 6.45) is 0.232. The molecule has 1 aromatic heterocycles. The molecule has 0 bridgehead atoms. The molecular formula is C19H25N3O4. The van der Waals surface area contributed by atoms with E-state index in [1.807, 2.05) is 18.5 Å². The van der Waals surface area contributed by atoms with Gasteiger partial charge in [-0.2, -0.15) is 5.10 Å². The molecule has 0 radical (unpaired) electrons. The van der Waals surface area contributed by atoms with Crippen molar-refractivity contribution in [3.63, 3.8) is 0 Å². The van der Waals surface area contributed by atoms with Gasteiger partial charge < -0.3 is 15.2 Å². The maximum Gasteiger partial charge on any atom is 0.341 e. The smallest absolute Gasteiger partial charge is 0.341 e. The quantitative estimate of drug-likeness (QED) is 0.756. The highest BCUT2D eigenvalue weighted by atomic mass is 16.5. The number of carboxylic acids is 1. The third kappa shape index (κ3) is 5.34. The Hall–Kier alpha value is -2.83. The third-order valence-corrected chi connectivity index (χ3v) is 3.89. The van der Waals surface area contributed by atoms with E-state index < -0.39 is 12.6 Å². The summed E-state index contributed by atoms with van der Waals surface area (Å²) in [6, 6.07) is 6.67. The van der Waals surface area contributed by atoms with Gasteiger partial charge in [-0.15, -0.1) is 0 Å². The molecule has 1 aromatic carbocycles. The summed E-state index contributed by atoms with van der Waals surface area (Å²) in [5.74, 6) is -0.343. The van der Waals surface area contributed by atoms with Crippen molar-refractivity contribution in [2.45, 2.75) is 40.7 Å². The topological polar surface area (TPSA) is 93.5 Å². The molecule has 0 spiro atoms. The number of aliphatic carboxylic acids is 1. The largest absolute Gasteiger partial charge is 0.482 e. The van der Waals surface area contributed by atoms with Crippen LogP contribution in [0.4, 0.5) is 5.69 Å². The fourth-order valence-corrected chi connectivity index (χ4v) is 2.69. The highest BCUT2D eigenvalue weighted by molar-refractivity contribution is 5.92. The summed E-state index contributed by atoms with van der Waals surface area (Å²) >= 11 is 0. The molecule has 2 N–H and O–H groups in total. The van der Waals surface area contributed by atoms with Gasteiger partial charge in [0.05, 0.1) is 12.1 Å². The number of carboxylic acid groups (broad SMARTS) is 1. The van der Waals surface area contributed by atoms with Gasteiger partial charge in [-0.05, 0) is 31.9 Å². The van der Waals surface area contributed by atoms with Gasteiger partial charge in [-0.1, -0.05) is 19.9 Å². The van der Waals surface area contributed by atoms with Gasteiger partial charge in [0.15, 0.2) is 6.61 Å². The Kier molecular flexibility index (Phi) is 6.38. The number of rotatable bonds is 8. The molecule has 0 saturated heterocycles. The van der Waals surface area contributed by atoms with Crippen molar-refractivity contribution < 1.29 is 19.4 Å². The van der Waals surface area contributed by atoms with E-state index in [9.17, 15) is 9.59 Å². The molecule has 0 aliphatic carbocycles. The molecule has 7 heteroatoms. The maximum absolute atomic E-state index is 12.4. The first kappa shape index (κ1) is 19.5. The van der Waals surface area contributed by atoms with E-state index in [-0.39, 0.29) is 12.3 Å². The molecule has 0 aliphatic rings. The van der Waals surface area contributed by atoms with Crippen molar-refractivity contribution in [3.05, 3.63) is 41.2 Å². The van der Waals surface area contributed by atoms with Crippen LogP contribution < -0.4 is 10.1 Å². The second-order valence-corrected chi connectivity index (χ2v) is 6.66. The van der Waals surface area contributed by atoms with E-state index in [0.717, 1.165) is 23.5 Å². The number of anilines is 1. The normalized spacial score (nSPS) is 10.8. The van der Waals surface area contributed by atoms with E-state index in [1.54, 1.807) is 24.3 Å². The molecular weight excluding hydrogens is 334 g/mol. The van der Waals surface area contributed by atoms with Gasteiger partial charge in [0, 0.05) is 29.6 Å². The van der Waals surface area contributed by atoms with E-state index >= 15 is 0 Å². The Bertz CT molecular complexity index is 796. The van der Waals surface area contributed by atoms with Gasteiger partial charge in [-0.3, -0.25) is 9.48 Å². The molecule has 1 heterocycles. The zero-order valence-electron chi connectivity index (χ0n) is 15.6. The maximum atomic E-state index is 12.4. The van der Waals surface area contributed by atoms with Crippen LogP contribution in [-0.4, -0.2) is 33.4 Å². The first-order valence-electron chi connectivity index (χ1n) is 8.53. The summed E-state index contributed by atoms with van der Waals surface area (Å²) in [5, 5.41) is 16.0. The van der Waals surface area contributed by atoms with E-state index in [2.05, 4.69) is 24.3 Å². The van der Waals surface area contributed by atoms with Crippen molar-refractivity contribution in [2.24, 2.45) is 5.92 Å². The second kappa shape index (κ2) is 8.51. The van der Waals surface area contributed by atoms with Crippen molar-refractivity contribution in [1.29, 1.82) is 0 Å². The van der Waals surface area contributed by atoms with Crippen LogP contribution in [-0.2, 0) is 22.6 Å². The molecule has 0 aliphatic heterocycles. The Morgan fingerprint density at radius 2 is 2.04 bits per heavy atom. The Morgan fingerprint density at radius 3 is 2.69 bits per heavy atom. The van der Waals surface area contributed by atoms with Crippen LogP contribution >= 0.6 is 0 Å². The molecule has 140 valence electrons. The van der Waals surface area contributed by atoms with Crippen LogP contribution in [0.25, 0.3) is 0 Å². The average molecular weight is 359 g/mol. The molecule has 2 rings (SSSR count). The number of aryl methyl sites for hydroxylation is 1. The lowest BCUT2D eigenvalue weighted by molar-refractivity contribution is -0.139. The van der Waals surface area contributed by atoms with Gasteiger partial charge in [0.25, 0.3) is 0 Å². The number of hydrogen-bond donors (Lipinski definition) is 2. The van der Waals surface area contributed by atoms with Gasteiger partial charge in [0.1, 0.15) is 5.75 Å².